The molecule has 8 nitrogen and oxygen atoms in total. The number of hydrogen-bond donors (Lipinski definition) is 2. The van der Waals surface area contributed by atoms with Crippen molar-refractivity contribution >= 4 is 12.2 Å². The first-order valence-corrected chi connectivity index (χ1v) is 10.9. The van der Waals surface area contributed by atoms with Crippen LogP contribution in [0.1, 0.15) is 61.1 Å². The van der Waals surface area contributed by atoms with Crippen molar-refractivity contribution in [2.75, 3.05) is 19.1 Å². The second kappa shape index (κ2) is 13.3. The lowest BCUT2D eigenvalue weighted by Gasteiger charge is -2.26. The second-order valence-electron chi connectivity index (χ2n) is 7.35. The number of benzene rings is 1. The maximum atomic E-state index is 14.1. The molecule has 0 bridgehead atoms. The molecule has 0 saturated carbocycles. The summed E-state index contributed by atoms with van der Waals surface area (Å²) in [6, 6.07) is 3.43. The van der Waals surface area contributed by atoms with Crippen LogP contribution in [0.5, 0.6) is 11.5 Å². The van der Waals surface area contributed by atoms with Gasteiger partial charge in [0, 0.05) is 31.3 Å². The highest BCUT2D eigenvalue weighted by Crippen LogP contribution is 2.32. The first-order chi connectivity index (χ1) is 16.3. The molecule has 1 heterocycles. The number of amides is 1. The van der Waals surface area contributed by atoms with Crippen LogP contribution in [0, 0.1) is 5.82 Å². The lowest BCUT2D eigenvalue weighted by Crippen LogP contribution is -2.33. The van der Waals surface area contributed by atoms with E-state index in [0.29, 0.717) is 19.1 Å². The minimum absolute atomic E-state index is 0.0567. The van der Waals surface area contributed by atoms with Crippen molar-refractivity contribution in [2.45, 2.75) is 51.7 Å². The van der Waals surface area contributed by atoms with Crippen LogP contribution in [-0.4, -0.2) is 37.1 Å². The van der Waals surface area contributed by atoms with Crippen molar-refractivity contribution in [3.05, 3.63) is 57.8 Å². The van der Waals surface area contributed by atoms with E-state index in [9.17, 15) is 27.6 Å². The smallest absolute Gasteiger partial charge is 0.387 e. The zero-order chi connectivity index (χ0) is 25.1. The van der Waals surface area contributed by atoms with E-state index in [-0.39, 0.29) is 42.2 Å². The summed E-state index contributed by atoms with van der Waals surface area (Å²) >= 11 is 0. The summed E-state index contributed by atoms with van der Waals surface area (Å²) in [4.78, 5) is 35.9. The number of hydrogen-bond acceptors (Lipinski definition) is 6. The van der Waals surface area contributed by atoms with Gasteiger partial charge in [0.15, 0.2) is 11.4 Å². The van der Waals surface area contributed by atoms with Crippen LogP contribution < -0.4 is 25.6 Å². The van der Waals surface area contributed by atoms with E-state index in [1.165, 1.54) is 24.0 Å². The third kappa shape index (κ3) is 7.26. The number of pyridine rings is 1. The van der Waals surface area contributed by atoms with Crippen LogP contribution in [0.4, 0.5) is 13.2 Å². The molecule has 2 N–H and O–H groups in total. The van der Waals surface area contributed by atoms with Gasteiger partial charge in [-0.3, -0.25) is 14.3 Å². The minimum Gasteiger partial charge on any atom is -0.487 e. The number of aldehydes is 1. The molecular weight excluding hydrogens is 455 g/mol. The summed E-state index contributed by atoms with van der Waals surface area (Å²) < 4.78 is 51.4. The first kappa shape index (κ1) is 26.7. The Bertz CT molecular complexity index is 1030. The molecule has 0 spiro atoms. The Morgan fingerprint density at radius 1 is 1.24 bits per heavy atom. The van der Waals surface area contributed by atoms with Crippen molar-refractivity contribution < 1.29 is 32.2 Å². The van der Waals surface area contributed by atoms with E-state index in [0.717, 1.165) is 24.6 Å². The number of carbonyl (C=O) groups excluding carboxylic acids is 2. The Kier molecular flexibility index (Phi) is 10.4. The van der Waals surface area contributed by atoms with Gasteiger partial charge in [-0.25, -0.2) is 4.39 Å². The summed E-state index contributed by atoms with van der Waals surface area (Å²) in [6.45, 7) is -0.999. The average molecular weight is 483 g/mol. The molecule has 0 aliphatic rings. The zero-order valence-electron chi connectivity index (χ0n) is 19.0. The van der Waals surface area contributed by atoms with Crippen molar-refractivity contribution in [1.29, 1.82) is 0 Å². The van der Waals surface area contributed by atoms with Crippen LogP contribution in [0.25, 0.3) is 0 Å². The summed E-state index contributed by atoms with van der Waals surface area (Å²) in [7, 11) is 1.38. The van der Waals surface area contributed by atoms with E-state index < -0.39 is 29.8 Å². The number of alkyl halides is 2. The monoisotopic (exact) mass is 483 g/mol. The molecule has 34 heavy (non-hydrogen) atoms. The molecule has 0 fully saturated rings. The summed E-state index contributed by atoms with van der Waals surface area (Å²) in [5.41, 5.74) is 2.37. The largest absolute Gasteiger partial charge is 0.487 e. The molecule has 2 aromatic rings. The Balaban J connectivity index is 2.56. The van der Waals surface area contributed by atoms with E-state index in [1.54, 1.807) is 0 Å². The number of nitrogens with zero attached hydrogens (tertiary/aromatic N) is 1. The van der Waals surface area contributed by atoms with Crippen molar-refractivity contribution in [1.82, 2.24) is 9.99 Å². The third-order valence-electron chi connectivity index (χ3n) is 4.91. The van der Waals surface area contributed by atoms with Crippen LogP contribution in [-0.2, 0) is 4.79 Å². The van der Waals surface area contributed by atoms with Gasteiger partial charge in [-0.1, -0.05) is 13.3 Å². The highest BCUT2D eigenvalue weighted by atomic mass is 19.3. The third-order valence-corrected chi connectivity index (χ3v) is 4.91. The molecule has 0 saturated heterocycles. The molecule has 1 aromatic heterocycles. The first-order valence-electron chi connectivity index (χ1n) is 10.9. The highest BCUT2D eigenvalue weighted by molar-refractivity contribution is 5.95. The number of halogens is 3. The normalized spacial score (nSPS) is 11.7. The molecule has 1 amide bonds. The van der Waals surface area contributed by atoms with Crippen LogP contribution in [0.2, 0.25) is 0 Å². The van der Waals surface area contributed by atoms with E-state index in [4.69, 9.17) is 4.74 Å². The van der Waals surface area contributed by atoms with Crippen molar-refractivity contribution in [2.24, 2.45) is 0 Å². The topological polar surface area (TPSA) is 98.7 Å². The molecule has 11 heteroatoms. The van der Waals surface area contributed by atoms with Gasteiger partial charge in [0.2, 0.25) is 5.43 Å². The van der Waals surface area contributed by atoms with Crippen LogP contribution >= 0.6 is 0 Å². The Morgan fingerprint density at radius 2 is 2.00 bits per heavy atom. The van der Waals surface area contributed by atoms with Gasteiger partial charge >= 0.3 is 6.61 Å². The van der Waals surface area contributed by atoms with Gasteiger partial charge in [0.1, 0.15) is 17.9 Å². The molecule has 0 aliphatic carbocycles. The van der Waals surface area contributed by atoms with E-state index in [2.05, 4.69) is 15.5 Å². The van der Waals surface area contributed by atoms with Gasteiger partial charge in [-0.2, -0.15) is 8.78 Å². The van der Waals surface area contributed by atoms with E-state index >= 15 is 0 Å². The van der Waals surface area contributed by atoms with Crippen LogP contribution in [0.15, 0.2) is 35.3 Å². The van der Waals surface area contributed by atoms with Gasteiger partial charge in [-0.15, -0.1) is 0 Å². The second-order valence-corrected chi connectivity index (χ2v) is 7.35. The maximum Gasteiger partial charge on any atom is 0.387 e. The molecule has 1 atom stereocenters. The summed E-state index contributed by atoms with van der Waals surface area (Å²) in [5, 5.41) is 2.44. The maximum absolute atomic E-state index is 14.1. The van der Waals surface area contributed by atoms with Gasteiger partial charge in [-0.05, 0) is 37.5 Å². The summed E-state index contributed by atoms with van der Waals surface area (Å²) in [5.74, 6) is -1.76. The molecule has 0 aliphatic heterocycles. The Morgan fingerprint density at radius 3 is 2.65 bits per heavy atom. The predicted molar refractivity (Wildman–Crippen MR) is 120 cm³/mol. The van der Waals surface area contributed by atoms with Gasteiger partial charge in [0.05, 0.1) is 12.6 Å². The number of carbonyl (C=O) groups is 2. The zero-order valence-corrected chi connectivity index (χ0v) is 19.0. The molecule has 1 aromatic carbocycles. The molecule has 1 unspecified atom stereocenters. The van der Waals surface area contributed by atoms with Crippen molar-refractivity contribution in [3.8, 4) is 11.5 Å². The Hall–Kier alpha value is -3.50. The number of unbranched alkanes of at least 4 members (excludes halogenated alkanes) is 2. The fourth-order valence-corrected chi connectivity index (χ4v) is 3.27. The Labute approximate surface area is 195 Å². The molecular formula is C23H28F3N3O5. The lowest BCUT2D eigenvalue weighted by molar-refractivity contribution is -0.107. The number of rotatable bonds is 14. The fraction of sp³-hybridized carbons (Fsp3) is 0.435. The number of aromatic nitrogens is 1. The fourth-order valence-electron chi connectivity index (χ4n) is 3.27. The average Bonchev–Trinajstić information content (AvgIpc) is 2.80. The van der Waals surface area contributed by atoms with E-state index in [1.807, 2.05) is 6.92 Å². The highest BCUT2D eigenvalue weighted by Gasteiger charge is 2.24. The SMILES string of the molecule is CCCCOc1c(C(=O)NC)n(NC(CCCC=O)c2cc(F)ccc2OC(F)F)ccc1=O. The minimum atomic E-state index is -3.15. The number of nitrogens with one attached hydrogen (secondary N) is 2. The van der Waals surface area contributed by atoms with Gasteiger partial charge < -0.3 is 25.0 Å². The van der Waals surface area contributed by atoms with Crippen molar-refractivity contribution in [3.63, 3.8) is 0 Å². The summed E-state index contributed by atoms with van der Waals surface area (Å²) in [6.07, 6.45) is 4.17. The molecule has 0 radical (unpaired) electrons. The lowest BCUT2D eigenvalue weighted by atomic mass is 10.0. The quantitative estimate of drug-likeness (QED) is 0.314. The predicted octanol–water partition coefficient (Wildman–Crippen LogP) is 3.78. The number of ether oxygens (including phenoxy) is 2. The van der Waals surface area contributed by atoms with Gasteiger partial charge in [0.25, 0.3) is 5.91 Å². The molecule has 186 valence electrons. The van der Waals surface area contributed by atoms with Crippen LogP contribution in [0.3, 0.4) is 0 Å². The standard InChI is InChI=1S/C23H28F3N3O5/c1-3-4-13-33-21-18(31)10-11-29(20(21)22(32)27-2)28-17(7-5-6-12-30)16-14-15(24)8-9-19(16)34-23(25)26/h8-12,14,17,23,28H,3-7,13H2,1-2H3,(H,27,32). The molecule has 2 rings (SSSR count).